The molecule has 4 heteroatoms. The highest BCUT2D eigenvalue weighted by Gasteiger charge is 1.97. The number of hydrogen-bond acceptors (Lipinski definition) is 3. The van der Waals surface area contributed by atoms with Crippen LogP contribution in [-0.2, 0) is 6.54 Å². The van der Waals surface area contributed by atoms with Crippen molar-refractivity contribution in [1.29, 1.82) is 0 Å². The van der Waals surface area contributed by atoms with Crippen molar-refractivity contribution in [3.8, 4) is 11.1 Å². The lowest BCUT2D eigenvalue weighted by atomic mass is 10.1. The summed E-state index contributed by atoms with van der Waals surface area (Å²) in [5.74, 6) is 0. The Morgan fingerprint density at radius 1 is 0.864 bits per heavy atom. The molecular weight excluding hydrogens is 385 g/mol. The Labute approximate surface area is 143 Å². The second kappa shape index (κ2) is 7.26. The van der Waals surface area contributed by atoms with Gasteiger partial charge in [0.1, 0.15) is 0 Å². The second-order valence-corrected chi connectivity index (χ2v) is 6.06. The van der Waals surface area contributed by atoms with Crippen molar-refractivity contribution in [1.82, 2.24) is 4.98 Å². The fourth-order valence-electron chi connectivity index (χ4n) is 2.04. The summed E-state index contributed by atoms with van der Waals surface area (Å²) < 4.78 is 1.23. The zero-order chi connectivity index (χ0) is 15.2. The molecule has 2 aromatic carbocycles. The average Bonchev–Trinajstić information content (AvgIpc) is 2.58. The van der Waals surface area contributed by atoms with Crippen molar-refractivity contribution in [2.24, 2.45) is 10.2 Å². The van der Waals surface area contributed by atoms with Crippen LogP contribution in [0.4, 0.5) is 5.69 Å². The maximum Gasteiger partial charge on any atom is 0.0853 e. The van der Waals surface area contributed by atoms with Gasteiger partial charge in [0.15, 0.2) is 0 Å². The highest BCUT2D eigenvalue weighted by atomic mass is 127. The summed E-state index contributed by atoms with van der Waals surface area (Å²) in [7, 11) is 0. The van der Waals surface area contributed by atoms with Crippen molar-refractivity contribution in [3.05, 3.63) is 82.2 Å². The van der Waals surface area contributed by atoms with Crippen LogP contribution in [0.3, 0.4) is 0 Å². The van der Waals surface area contributed by atoms with E-state index in [-0.39, 0.29) is 0 Å². The molecule has 0 amide bonds. The summed E-state index contributed by atoms with van der Waals surface area (Å²) in [4.78, 5) is 4.13. The van der Waals surface area contributed by atoms with Crippen LogP contribution >= 0.6 is 22.6 Å². The van der Waals surface area contributed by atoms with Gasteiger partial charge in [-0.25, -0.2) is 0 Å². The van der Waals surface area contributed by atoms with Crippen LogP contribution < -0.4 is 0 Å². The number of halogens is 1. The first-order valence-corrected chi connectivity index (χ1v) is 8.01. The molecule has 0 unspecified atom stereocenters. The molecule has 0 bridgehead atoms. The topological polar surface area (TPSA) is 37.6 Å². The predicted molar refractivity (Wildman–Crippen MR) is 97.1 cm³/mol. The van der Waals surface area contributed by atoms with Gasteiger partial charge in [-0.2, -0.15) is 10.2 Å². The summed E-state index contributed by atoms with van der Waals surface area (Å²) >= 11 is 2.29. The number of azo groups is 1. The van der Waals surface area contributed by atoms with Crippen molar-refractivity contribution in [2.75, 3.05) is 0 Å². The van der Waals surface area contributed by atoms with E-state index in [1.54, 1.807) is 6.20 Å². The Morgan fingerprint density at radius 2 is 1.64 bits per heavy atom. The SMILES string of the molecule is Ic1ccc(CN=Nc2ccc(-c3cccnc3)cc2)cc1. The molecule has 0 saturated heterocycles. The third kappa shape index (κ3) is 3.98. The largest absolute Gasteiger partial charge is 0.264 e. The average molecular weight is 399 g/mol. The molecule has 0 atom stereocenters. The van der Waals surface area contributed by atoms with E-state index < -0.39 is 0 Å². The van der Waals surface area contributed by atoms with E-state index in [0.717, 1.165) is 22.4 Å². The zero-order valence-corrected chi connectivity index (χ0v) is 14.0. The number of rotatable bonds is 4. The van der Waals surface area contributed by atoms with Gasteiger partial charge in [0.2, 0.25) is 0 Å². The van der Waals surface area contributed by atoms with Gasteiger partial charge < -0.3 is 0 Å². The van der Waals surface area contributed by atoms with E-state index in [1.807, 2.05) is 42.6 Å². The van der Waals surface area contributed by atoms with E-state index in [0.29, 0.717) is 6.54 Å². The zero-order valence-electron chi connectivity index (χ0n) is 11.9. The minimum atomic E-state index is 0.598. The van der Waals surface area contributed by atoms with Gasteiger partial charge in [0, 0.05) is 16.0 Å². The second-order valence-electron chi connectivity index (χ2n) is 4.81. The molecule has 0 N–H and O–H groups in total. The molecule has 3 aromatic rings. The van der Waals surface area contributed by atoms with Gasteiger partial charge in [0.25, 0.3) is 0 Å². The molecule has 1 aromatic heterocycles. The van der Waals surface area contributed by atoms with Crippen LogP contribution in [0.2, 0.25) is 0 Å². The predicted octanol–water partition coefficient (Wildman–Crippen LogP) is 5.64. The first kappa shape index (κ1) is 14.8. The third-order valence-electron chi connectivity index (χ3n) is 3.21. The molecule has 1 heterocycles. The molecule has 0 radical (unpaired) electrons. The number of benzene rings is 2. The fraction of sp³-hybridized carbons (Fsp3) is 0.0556. The molecule has 0 spiro atoms. The van der Waals surface area contributed by atoms with Crippen LogP contribution in [0.15, 0.2) is 83.3 Å². The lowest BCUT2D eigenvalue weighted by molar-refractivity contribution is 0.959. The molecule has 3 nitrogen and oxygen atoms in total. The van der Waals surface area contributed by atoms with Crippen LogP contribution in [0.1, 0.15) is 5.56 Å². The molecule has 108 valence electrons. The monoisotopic (exact) mass is 399 g/mol. The summed E-state index contributed by atoms with van der Waals surface area (Å²) in [5.41, 5.74) is 4.25. The summed E-state index contributed by atoms with van der Waals surface area (Å²) in [6.45, 7) is 0.598. The third-order valence-corrected chi connectivity index (χ3v) is 3.93. The Hall–Kier alpha value is -2.08. The van der Waals surface area contributed by atoms with Gasteiger partial charge in [-0.3, -0.25) is 4.98 Å². The van der Waals surface area contributed by atoms with Gasteiger partial charge in [-0.15, -0.1) is 0 Å². The first-order valence-electron chi connectivity index (χ1n) is 6.94. The van der Waals surface area contributed by atoms with E-state index in [2.05, 4.69) is 62.1 Å². The van der Waals surface area contributed by atoms with Crippen molar-refractivity contribution in [2.45, 2.75) is 6.54 Å². The molecule has 0 fully saturated rings. The Balaban J connectivity index is 1.66. The quantitative estimate of drug-likeness (QED) is 0.414. The van der Waals surface area contributed by atoms with Crippen LogP contribution in [0.5, 0.6) is 0 Å². The fourth-order valence-corrected chi connectivity index (χ4v) is 2.40. The highest BCUT2D eigenvalue weighted by molar-refractivity contribution is 14.1. The number of pyridine rings is 1. The normalized spacial score (nSPS) is 11.0. The summed E-state index contributed by atoms with van der Waals surface area (Å²) in [6, 6.07) is 20.3. The van der Waals surface area contributed by atoms with Crippen LogP contribution in [0.25, 0.3) is 11.1 Å². The Bertz CT molecular complexity index is 751. The Kier molecular flexibility index (Phi) is 4.90. The molecule has 22 heavy (non-hydrogen) atoms. The molecule has 0 aliphatic rings. The van der Waals surface area contributed by atoms with Gasteiger partial charge in [-0.1, -0.05) is 30.3 Å². The highest BCUT2D eigenvalue weighted by Crippen LogP contribution is 2.22. The molecule has 0 saturated carbocycles. The number of hydrogen-bond donors (Lipinski definition) is 0. The van der Waals surface area contributed by atoms with E-state index >= 15 is 0 Å². The molecule has 3 rings (SSSR count). The summed E-state index contributed by atoms with van der Waals surface area (Å²) in [5, 5.41) is 8.52. The van der Waals surface area contributed by atoms with Crippen LogP contribution in [0, 0.1) is 3.57 Å². The smallest absolute Gasteiger partial charge is 0.0853 e. The van der Waals surface area contributed by atoms with Crippen LogP contribution in [-0.4, -0.2) is 4.98 Å². The Morgan fingerprint density at radius 3 is 2.32 bits per heavy atom. The van der Waals surface area contributed by atoms with Gasteiger partial charge in [-0.05, 0) is 69.6 Å². The molecular formula is C18H14IN3. The maximum atomic E-state index is 4.27. The number of nitrogens with zero attached hydrogens (tertiary/aromatic N) is 3. The lowest BCUT2D eigenvalue weighted by Gasteiger charge is -2.00. The van der Waals surface area contributed by atoms with Crippen molar-refractivity contribution in [3.63, 3.8) is 0 Å². The minimum Gasteiger partial charge on any atom is -0.264 e. The standard InChI is InChI=1S/C18H14IN3/c19-17-7-3-14(4-8-17)12-21-22-18-9-5-15(6-10-18)16-2-1-11-20-13-16/h1-11,13H,12H2. The molecule has 0 aliphatic heterocycles. The molecule has 0 aliphatic carbocycles. The van der Waals surface area contributed by atoms with Crippen molar-refractivity contribution < 1.29 is 0 Å². The van der Waals surface area contributed by atoms with E-state index in [9.17, 15) is 0 Å². The van der Waals surface area contributed by atoms with E-state index in [1.165, 1.54) is 3.57 Å². The van der Waals surface area contributed by atoms with Gasteiger partial charge >= 0.3 is 0 Å². The van der Waals surface area contributed by atoms with Gasteiger partial charge in [0.05, 0.1) is 12.2 Å². The van der Waals surface area contributed by atoms with E-state index in [4.69, 9.17) is 0 Å². The van der Waals surface area contributed by atoms with Crippen molar-refractivity contribution >= 4 is 28.3 Å². The number of aromatic nitrogens is 1. The summed E-state index contributed by atoms with van der Waals surface area (Å²) in [6.07, 6.45) is 3.63. The lowest BCUT2D eigenvalue weighted by Crippen LogP contribution is -1.80. The minimum absolute atomic E-state index is 0.598. The maximum absolute atomic E-state index is 4.27. The first-order chi connectivity index (χ1) is 10.8.